The fraction of sp³-hybridized carbons (Fsp3) is 0.842. The van der Waals surface area contributed by atoms with Gasteiger partial charge < -0.3 is 14.2 Å². The first-order chi connectivity index (χ1) is 10.9. The van der Waals surface area contributed by atoms with E-state index in [2.05, 4.69) is 20.8 Å². The van der Waals surface area contributed by atoms with Crippen molar-refractivity contribution in [3.63, 3.8) is 0 Å². The molecule has 0 bridgehead atoms. The molecular weight excluding hydrogens is 292 g/mol. The Labute approximate surface area is 140 Å². The molecule has 2 rings (SSSR count). The van der Waals surface area contributed by atoms with Crippen LogP contribution in [0.4, 0.5) is 0 Å². The van der Waals surface area contributed by atoms with E-state index in [9.17, 15) is 4.79 Å². The van der Waals surface area contributed by atoms with Gasteiger partial charge in [0.05, 0.1) is 20.3 Å². The van der Waals surface area contributed by atoms with Gasteiger partial charge in [-0.25, -0.2) is 4.79 Å². The van der Waals surface area contributed by atoms with Crippen LogP contribution in [0.1, 0.15) is 53.4 Å². The lowest BCUT2D eigenvalue weighted by Gasteiger charge is -2.50. The van der Waals surface area contributed by atoms with Crippen molar-refractivity contribution < 1.29 is 19.0 Å². The number of methoxy groups -OCH3 is 1. The van der Waals surface area contributed by atoms with Crippen molar-refractivity contribution in [3.05, 3.63) is 11.6 Å². The minimum Gasteiger partial charge on any atom is -0.466 e. The van der Waals surface area contributed by atoms with Gasteiger partial charge in [-0.05, 0) is 31.6 Å². The summed E-state index contributed by atoms with van der Waals surface area (Å²) in [4.78, 5) is 11.4. The van der Waals surface area contributed by atoms with E-state index in [-0.39, 0.29) is 11.8 Å². The molecule has 0 radical (unpaired) electrons. The molecule has 1 saturated heterocycles. The van der Waals surface area contributed by atoms with Crippen molar-refractivity contribution in [2.24, 2.45) is 23.7 Å². The third kappa shape index (κ3) is 4.36. The van der Waals surface area contributed by atoms with Crippen LogP contribution < -0.4 is 0 Å². The molecular formula is C19H32O4. The molecule has 2 atom stereocenters. The first kappa shape index (κ1) is 18.5. The van der Waals surface area contributed by atoms with Crippen molar-refractivity contribution in [1.29, 1.82) is 0 Å². The Hall–Kier alpha value is -0.870. The third-order valence-corrected chi connectivity index (χ3v) is 5.36. The van der Waals surface area contributed by atoms with Gasteiger partial charge in [0.25, 0.3) is 0 Å². The second kappa shape index (κ2) is 7.80. The molecule has 2 fully saturated rings. The number of esters is 1. The normalized spacial score (nSPS) is 35.6. The van der Waals surface area contributed by atoms with Crippen molar-refractivity contribution >= 4 is 5.97 Å². The first-order valence-corrected chi connectivity index (χ1v) is 8.91. The molecule has 0 amide bonds. The zero-order valence-electron chi connectivity index (χ0n) is 15.3. The van der Waals surface area contributed by atoms with Crippen LogP contribution in [0.15, 0.2) is 11.6 Å². The maximum atomic E-state index is 11.4. The van der Waals surface area contributed by atoms with E-state index in [1.165, 1.54) is 20.0 Å². The molecule has 4 nitrogen and oxygen atoms in total. The van der Waals surface area contributed by atoms with Gasteiger partial charge in [-0.1, -0.05) is 33.3 Å². The fourth-order valence-electron chi connectivity index (χ4n) is 3.93. The van der Waals surface area contributed by atoms with Crippen LogP contribution in [0, 0.1) is 23.7 Å². The highest BCUT2D eigenvalue weighted by Gasteiger charge is 2.48. The Morgan fingerprint density at radius 3 is 2.52 bits per heavy atom. The summed E-state index contributed by atoms with van der Waals surface area (Å²) in [7, 11) is 1.41. The van der Waals surface area contributed by atoms with Crippen LogP contribution in [-0.4, -0.2) is 32.1 Å². The highest BCUT2D eigenvalue weighted by atomic mass is 16.7. The summed E-state index contributed by atoms with van der Waals surface area (Å²) in [6.45, 7) is 10.0. The number of carbonyl (C=O) groups is 1. The van der Waals surface area contributed by atoms with E-state index in [0.29, 0.717) is 42.5 Å². The van der Waals surface area contributed by atoms with Gasteiger partial charge in [0, 0.05) is 23.8 Å². The van der Waals surface area contributed by atoms with Crippen LogP contribution in [0.3, 0.4) is 0 Å². The number of rotatable bonds is 4. The zero-order valence-corrected chi connectivity index (χ0v) is 15.3. The molecule has 0 aromatic heterocycles. The van der Waals surface area contributed by atoms with Crippen LogP contribution in [0.2, 0.25) is 0 Å². The Morgan fingerprint density at radius 1 is 1.30 bits per heavy atom. The van der Waals surface area contributed by atoms with Gasteiger partial charge in [0.2, 0.25) is 0 Å². The average Bonchev–Trinajstić information content (AvgIpc) is 2.53. The molecule has 0 unspecified atom stereocenters. The number of carbonyl (C=O) groups excluding carboxylic acids is 1. The minimum atomic E-state index is -0.385. The largest absolute Gasteiger partial charge is 0.466 e. The van der Waals surface area contributed by atoms with Crippen LogP contribution in [-0.2, 0) is 19.0 Å². The number of ether oxygens (including phenoxy) is 3. The fourth-order valence-corrected chi connectivity index (χ4v) is 3.93. The molecule has 0 aromatic carbocycles. The number of hydrogen-bond acceptors (Lipinski definition) is 4. The molecule has 1 aliphatic carbocycles. The molecule has 1 heterocycles. The number of hydrogen-bond donors (Lipinski definition) is 0. The molecule has 1 aliphatic heterocycles. The summed E-state index contributed by atoms with van der Waals surface area (Å²) in [5.74, 6) is 1.37. The quantitative estimate of drug-likeness (QED) is 0.580. The van der Waals surface area contributed by atoms with Gasteiger partial charge in [0.15, 0.2) is 5.79 Å². The van der Waals surface area contributed by atoms with E-state index < -0.39 is 0 Å². The SMILES string of the molecule is COC(=O)/C(C)=C/CC1COC2(C[C@H](C)CC[C@H]2C(C)C)OC1. The maximum absolute atomic E-state index is 11.4. The van der Waals surface area contributed by atoms with Crippen molar-refractivity contribution in [2.45, 2.75) is 59.2 Å². The standard InChI is InChI=1S/C19H32O4/c1-13(2)17-9-6-14(3)10-19(17)22-11-16(12-23-19)8-7-15(4)18(20)21-5/h7,13-14,16-17H,6,8-12H2,1-5H3/b15-7+/t14-,16?,17+,19?/m1/s1. The van der Waals surface area contributed by atoms with Crippen molar-refractivity contribution in [2.75, 3.05) is 20.3 Å². The topological polar surface area (TPSA) is 44.8 Å². The monoisotopic (exact) mass is 324 g/mol. The summed E-state index contributed by atoms with van der Waals surface area (Å²) in [6, 6.07) is 0. The van der Waals surface area contributed by atoms with Crippen LogP contribution in [0.5, 0.6) is 0 Å². The molecule has 0 N–H and O–H groups in total. The smallest absolute Gasteiger partial charge is 0.333 e. The summed E-state index contributed by atoms with van der Waals surface area (Å²) < 4.78 is 17.4. The van der Waals surface area contributed by atoms with E-state index in [4.69, 9.17) is 14.2 Å². The summed E-state index contributed by atoms with van der Waals surface area (Å²) >= 11 is 0. The van der Waals surface area contributed by atoms with Crippen LogP contribution in [0.25, 0.3) is 0 Å². The predicted molar refractivity (Wildman–Crippen MR) is 89.9 cm³/mol. The summed E-state index contributed by atoms with van der Waals surface area (Å²) in [5.41, 5.74) is 0.652. The van der Waals surface area contributed by atoms with E-state index in [1.807, 2.05) is 6.08 Å². The maximum Gasteiger partial charge on any atom is 0.333 e. The second-order valence-corrected chi connectivity index (χ2v) is 7.65. The lowest BCUT2D eigenvalue weighted by Crippen LogP contribution is -2.54. The molecule has 132 valence electrons. The Morgan fingerprint density at radius 2 is 1.96 bits per heavy atom. The second-order valence-electron chi connectivity index (χ2n) is 7.65. The van der Waals surface area contributed by atoms with Gasteiger partial charge in [-0.3, -0.25) is 0 Å². The lowest BCUT2D eigenvalue weighted by molar-refractivity contribution is -0.329. The zero-order chi connectivity index (χ0) is 17.0. The predicted octanol–water partition coefficient (Wildman–Crippen LogP) is 3.95. The Bertz CT molecular complexity index is 433. The average molecular weight is 324 g/mol. The third-order valence-electron chi connectivity index (χ3n) is 5.36. The first-order valence-electron chi connectivity index (χ1n) is 8.91. The van der Waals surface area contributed by atoms with Gasteiger partial charge >= 0.3 is 5.97 Å². The Kier molecular flexibility index (Phi) is 6.26. The Balaban J connectivity index is 1.94. The molecule has 4 heteroatoms. The van der Waals surface area contributed by atoms with Gasteiger partial charge in [0.1, 0.15) is 0 Å². The minimum absolute atomic E-state index is 0.264. The highest BCUT2D eigenvalue weighted by molar-refractivity contribution is 5.87. The van der Waals surface area contributed by atoms with Crippen LogP contribution >= 0.6 is 0 Å². The van der Waals surface area contributed by atoms with Crippen molar-refractivity contribution in [3.8, 4) is 0 Å². The number of allylic oxidation sites excluding steroid dienone is 1. The summed E-state index contributed by atoms with van der Waals surface area (Å²) in [5, 5.41) is 0. The van der Waals surface area contributed by atoms with E-state index in [1.54, 1.807) is 6.92 Å². The van der Waals surface area contributed by atoms with Gasteiger partial charge in [-0.15, -0.1) is 0 Å². The van der Waals surface area contributed by atoms with Crippen molar-refractivity contribution in [1.82, 2.24) is 0 Å². The molecule has 0 aromatic rings. The molecule has 1 saturated carbocycles. The summed E-state index contributed by atoms with van der Waals surface area (Å²) in [6.07, 6.45) is 6.18. The molecule has 1 spiro atoms. The molecule has 23 heavy (non-hydrogen) atoms. The molecule has 2 aliphatic rings. The lowest BCUT2D eigenvalue weighted by atomic mass is 9.72. The highest BCUT2D eigenvalue weighted by Crippen LogP contribution is 2.46. The van der Waals surface area contributed by atoms with E-state index >= 15 is 0 Å². The van der Waals surface area contributed by atoms with E-state index in [0.717, 1.165) is 12.8 Å². The van der Waals surface area contributed by atoms with Gasteiger partial charge in [-0.2, -0.15) is 0 Å².